The molecule has 1 atom stereocenters. The number of esters is 1. The average molecular weight is 224 g/mol. The van der Waals surface area contributed by atoms with Crippen LogP contribution in [0.2, 0.25) is 0 Å². The Bertz CT molecular complexity index is 253. The first-order valence-corrected chi connectivity index (χ1v) is 6.43. The normalized spacial score (nSPS) is 23.9. The summed E-state index contributed by atoms with van der Waals surface area (Å²) >= 11 is 0. The second-order valence-electron chi connectivity index (χ2n) is 5.28. The summed E-state index contributed by atoms with van der Waals surface area (Å²) in [5.74, 6) is 0.0561. The van der Waals surface area contributed by atoms with Crippen molar-refractivity contribution in [3.8, 4) is 0 Å². The molecule has 0 spiro atoms. The maximum absolute atomic E-state index is 11.5. The number of unbranched alkanes of at least 4 members (excludes halogenated alkanes) is 3. The predicted molar refractivity (Wildman–Crippen MR) is 66.2 cm³/mol. The van der Waals surface area contributed by atoms with Gasteiger partial charge in [-0.1, -0.05) is 31.9 Å². The van der Waals surface area contributed by atoms with Gasteiger partial charge in [0.25, 0.3) is 0 Å². The Morgan fingerprint density at radius 2 is 2.12 bits per heavy atom. The Labute approximate surface area is 99.1 Å². The molecule has 1 saturated heterocycles. The average Bonchev–Trinajstić information content (AvgIpc) is 2.45. The van der Waals surface area contributed by atoms with Crippen molar-refractivity contribution in [2.24, 2.45) is 5.92 Å². The van der Waals surface area contributed by atoms with Crippen LogP contribution in [0.15, 0.2) is 12.2 Å². The van der Waals surface area contributed by atoms with E-state index in [4.69, 9.17) is 4.74 Å². The van der Waals surface area contributed by atoms with Crippen LogP contribution in [0.3, 0.4) is 0 Å². The summed E-state index contributed by atoms with van der Waals surface area (Å²) in [4.78, 5) is 11.5. The summed E-state index contributed by atoms with van der Waals surface area (Å²) in [5.41, 5.74) is -0.252. The molecule has 1 unspecified atom stereocenters. The Balaban J connectivity index is 2.20. The monoisotopic (exact) mass is 224 g/mol. The van der Waals surface area contributed by atoms with Gasteiger partial charge in [0.05, 0.1) is 5.92 Å². The third-order valence-corrected chi connectivity index (χ3v) is 3.01. The number of carbonyl (C=O) groups is 1. The molecule has 1 rings (SSSR count). The van der Waals surface area contributed by atoms with Gasteiger partial charge in [0.1, 0.15) is 5.60 Å². The molecule has 0 aromatic carbocycles. The molecule has 2 nitrogen and oxygen atoms in total. The number of hydrogen-bond donors (Lipinski definition) is 0. The first kappa shape index (κ1) is 13.3. The molecule has 1 aliphatic rings. The van der Waals surface area contributed by atoms with Gasteiger partial charge >= 0.3 is 5.97 Å². The van der Waals surface area contributed by atoms with Crippen LogP contribution < -0.4 is 0 Å². The van der Waals surface area contributed by atoms with Crippen LogP contribution in [0.1, 0.15) is 59.3 Å². The van der Waals surface area contributed by atoms with Crippen molar-refractivity contribution >= 4 is 5.97 Å². The maximum atomic E-state index is 11.5. The summed E-state index contributed by atoms with van der Waals surface area (Å²) < 4.78 is 5.28. The standard InChI is InChI=1S/C14H24O2/c1-4-5-6-7-8-9-10-12-11-14(2,3)16-13(12)15/h8-9,12H,4-7,10-11H2,1-3H3/b9-8+. The Morgan fingerprint density at radius 1 is 1.38 bits per heavy atom. The van der Waals surface area contributed by atoms with Gasteiger partial charge in [-0.2, -0.15) is 0 Å². The van der Waals surface area contributed by atoms with E-state index in [0.717, 1.165) is 19.3 Å². The van der Waals surface area contributed by atoms with Gasteiger partial charge in [0.15, 0.2) is 0 Å². The van der Waals surface area contributed by atoms with Crippen LogP contribution in [0.4, 0.5) is 0 Å². The lowest BCUT2D eigenvalue weighted by molar-refractivity contribution is -0.148. The molecule has 0 radical (unpaired) electrons. The van der Waals surface area contributed by atoms with Crippen LogP contribution in [0.25, 0.3) is 0 Å². The predicted octanol–water partition coefficient (Wildman–Crippen LogP) is 3.85. The van der Waals surface area contributed by atoms with Gasteiger partial charge in [-0.05, 0) is 33.1 Å². The largest absolute Gasteiger partial charge is 0.459 e. The zero-order valence-electron chi connectivity index (χ0n) is 10.8. The topological polar surface area (TPSA) is 26.3 Å². The Morgan fingerprint density at radius 3 is 2.69 bits per heavy atom. The van der Waals surface area contributed by atoms with Gasteiger partial charge in [-0.25, -0.2) is 0 Å². The van der Waals surface area contributed by atoms with Gasteiger partial charge in [-0.3, -0.25) is 4.79 Å². The van der Waals surface area contributed by atoms with E-state index in [1.807, 2.05) is 13.8 Å². The van der Waals surface area contributed by atoms with Crippen molar-refractivity contribution < 1.29 is 9.53 Å². The highest BCUT2D eigenvalue weighted by Gasteiger charge is 2.38. The smallest absolute Gasteiger partial charge is 0.309 e. The Kier molecular flexibility index (Phi) is 5.04. The fourth-order valence-corrected chi connectivity index (χ4v) is 2.14. The minimum Gasteiger partial charge on any atom is -0.459 e. The minimum absolute atomic E-state index is 0.0248. The maximum Gasteiger partial charge on any atom is 0.309 e. The summed E-state index contributed by atoms with van der Waals surface area (Å²) in [6.45, 7) is 6.17. The Hall–Kier alpha value is -0.790. The number of carbonyl (C=O) groups excluding carboxylic acids is 1. The summed E-state index contributed by atoms with van der Waals surface area (Å²) in [5, 5.41) is 0. The van der Waals surface area contributed by atoms with Gasteiger partial charge in [0, 0.05) is 6.42 Å². The van der Waals surface area contributed by atoms with Crippen molar-refractivity contribution in [1.82, 2.24) is 0 Å². The molecule has 0 saturated carbocycles. The fraction of sp³-hybridized carbons (Fsp3) is 0.786. The highest BCUT2D eigenvalue weighted by Crippen LogP contribution is 2.32. The fourth-order valence-electron chi connectivity index (χ4n) is 2.14. The highest BCUT2D eigenvalue weighted by molar-refractivity contribution is 5.75. The summed E-state index contributed by atoms with van der Waals surface area (Å²) in [7, 11) is 0. The first-order valence-electron chi connectivity index (χ1n) is 6.43. The van der Waals surface area contributed by atoms with E-state index < -0.39 is 0 Å². The highest BCUT2D eigenvalue weighted by atomic mass is 16.6. The van der Waals surface area contributed by atoms with Crippen molar-refractivity contribution in [2.75, 3.05) is 0 Å². The molecular weight excluding hydrogens is 200 g/mol. The van der Waals surface area contributed by atoms with Crippen LogP contribution in [-0.2, 0) is 9.53 Å². The number of allylic oxidation sites excluding steroid dienone is 2. The van der Waals surface area contributed by atoms with Gasteiger partial charge in [-0.15, -0.1) is 0 Å². The first-order chi connectivity index (χ1) is 7.55. The molecule has 0 aliphatic carbocycles. The van der Waals surface area contributed by atoms with E-state index in [2.05, 4.69) is 19.1 Å². The van der Waals surface area contributed by atoms with Crippen LogP contribution in [-0.4, -0.2) is 11.6 Å². The second-order valence-corrected chi connectivity index (χ2v) is 5.28. The molecule has 16 heavy (non-hydrogen) atoms. The quantitative estimate of drug-likeness (QED) is 0.389. The third kappa shape index (κ3) is 4.38. The zero-order valence-corrected chi connectivity index (χ0v) is 10.8. The molecule has 0 aromatic heterocycles. The van der Waals surface area contributed by atoms with E-state index >= 15 is 0 Å². The third-order valence-electron chi connectivity index (χ3n) is 3.01. The van der Waals surface area contributed by atoms with E-state index in [1.165, 1.54) is 19.3 Å². The van der Waals surface area contributed by atoms with Crippen molar-refractivity contribution in [2.45, 2.75) is 64.9 Å². The lowest BCUT2D eigenvalue weighted by Crippen LogP contribution is -2.17. The van der Waals surface area contributed by atoms with Crippen molar-refractivity contribution in [3.05, 3.63) is 12.2 Å². The molecule has 0 bridgehead atoms. The summed E-state index contributed by atoms with van der Waals surface area (Å²) in [6, 6.07) is 0. The molecule has 1 heterocycles. The molecule has 2 heteroatoms. The molecular formula is C14H24O2. The lowest BCUT2D eigenvalue weighted by Gasteiger charge is -2.14. The molecule has 92 valence electrons. The van der Waals surface area contributed by atoms with E-state index in [1.54, 1.807) is 0 Å². The van der Waals surface area contributed by atoms with Crippen LogP contribution in [0, 0.1) is 5.92 Å². The molecule has 1 fully saturated rings. The lowest BCUT2D eigenvalue weighted by atomic mass is 9.95. The van der Waals surface area contributed by atoms with Crippen molar-refractivity contribution in [3.63, 3.8) is 0 Å². The molecule has 0 amide bonds. The van der Waals surface area contributed by atoms with Gasteiger partial charge < -0.3 is 4.74 Å². The minimum atomic E-state index is -0.252. The second kappa shape index (κ2) is 6.07. The number of rotatable bonds is 6. The molecule has 0 aromatic rings. The molecule has 1 aliphatic heterocycles. The van der Waals surface area contributed by atoms with E-state index in [-0.39, 0.29) is 17.5 Å². The molecule has 0 N–H and O–H groups in total. The number of cyclic esters (lactones) is 1. The van der Waals surface area contributed by atoms with Crippen LogP contribution in [0.5, 0.6) is 0 Å². The zero-order chi connectivity index (χ0) is 12.0. The SMILES string of the molecule is CCCCC/C=C/CC1CC(C)(C)OC1=O. The summed E-state index contributed by atoms with van der Waals surface area (Å²) in [6.07, 6.45) is 11.0. The van der Waals surface area contributed by atoms with E-state index in [9.17, 15) is 4.79 Å². The van der Waals surface area contributed by atoms with Crippen LogP contribution >= 0.6 is 0 Å². The number of hydrogen-bond acceptors (Lipinski definition) is 2. The van der Waals surface area contributed by atoms with Crippen molar-refractivity contribution in [1.29, 1.82) is 0 Å². The number of ether oxygens (including phenoxy) is 1. The van der Waals surface area contributed by atoms with E-state index in [0.29, 0.717) is 0 Å². The van der Waals surface area contributed by atoms with Gasteiger partial charge in [0.2, 0.25) is 0 Å².